The molecule has 3 aromatic rings. The quantitative estimate of drug-likeness (QED) is 0.501. The van der Waals surface area contributed by atoms with Crippen LogP contribution in [0.4, 0.5) is 0 Å². The molecule has 0 aliphatic rings. The Morgan fingerprint density at radius 1 is 1.07 bits per heavy atom. The average Bonchev–Trinajstić information content (AvgIpc) is 3.09. The van der Waals surface area contributed by atoms with Crippen molar-refractivity contribution >= 4 is 17.3 Å². The van der Waals surface area contributed by atoms with E-state index in [1.807, 2.05) is 36.4 Å². The summed E-state index contributed by atoms with van der Waals surface area (Å²) in [6.45, 7) is 4.66. The lowest BCUT2D eigenvalue weighted by Crippen LogP contribution is -2.09. The lowest BCUT2D eigenvalue weighted by atomic mass is 10.1. The molecule has 0 fully saturated rings. The van der Waals surface area contributed by atoms with Gasteiger partial charge in [-0.3, -0.25) is 0 Å². The van der Waals surface area contributed by atoms with Gasteiger partial charge in [0.2, 0.25) is 0 Å². The van der Waals surface area contributed by atoms with E-state index < -0.39 is 5.97 Å². The predicted octanol–water partition coefficient (Wildman–Crippen LogP) is 5.23. The second kappa shape index (κ2) is 9.37. The normalized spacial score (nSPS) is 10.6. The molecule has 146 valence electrons. The molecular formula is C22H23NO4S. The first-order valence-corrected chi connectivity index (χ1v) is 10.0. The van der Waals surface area contributed by atoms with E-state index in [2.05, 4.69) is 24.0 Å². The van der Waals surface area contributed by atoms with Gasteiger partial charge >= 0.3 is 5.97 Å². The molecule has 0 spiro atoms. The highest BCUT2D eigenvalue weighted by Crippen LogP contribution is 2.34. The van der Waals surface area contributed by atoms with Gasteiger partial charge in [0.05, 0.1) is 11.3 Å². The average molecular weight is 397 g/mol. The number of nitrogens with zero attached hydrogens (tertiary/aromatic N) is 1. The summed E-state index contributed by atoms with van der Waals surface area (Å²) in [6, 6.07) is 15.6. The summed E-state index contributed by atoms with van der Waals surface area (Å²) in [5, 5.41) is 9.88. The number of hydrogen-bond acceptors (Lipinski definition) is 5. The third-order valence-corrected chi connectivity index (χ3v) is 5.36. The smallest absolute Gasteiger partial charge is 0.347 e. The fourth-order valence-electron chi connectivity index (χ4n) is 2.83. The van der Waals surface area contributed by atoms with Crippen molar-refractivity contribution in [2.45, 2.75) is 26.7 Å². The van der Waals surface area contributed by atoms with Crippen molar-refractivity contribution in [1.29, 1.82) is 0 Å². The highest BCUT2D eigenvalue weighted by Gasteiger charge is 2.17. The van der Waals surface area contributed by atoms with Crippen molar-refractivity contribution in [3.63, 3.8) is 0 Å². The van der Waals surface area contributed by atoms with E-state index in [9.17, 15) is 9.90 Å². The van der Waals surface area contributed by atoms with Gasteiger partial charge in [-0.25, -0.2) is 9.78 Å². The van der Waals surface area contributed by atoms with Crippen molar-refractivity contribution in [2.75, 3.05) is 13.2 Å². The first-order chi connectivity index (χ1) is 13.6. The van der Waals surface area contributed by atoms with Crippen molar-refractivity contribution in [3.8, 4) is 22.1 Å². The highest BCUT2D eigenvalue weighted by molar-refractivity contribution is 7.17. The van der Waals surface area contributed by atoms with Gasteiger partial charge in [-0.15, -0.1) is 11.3 Å². The Kier molecular flexibility index (Phi) is 6.66. The number of benzene rings is 2. The monoisotopic (exact) mass is 397 g/mol. The van der Waals surface area contributed by atoms with Crippen LogP contribution in [0.3, 0.4) is 0 Å². The molecule has 2 aromatic carbocycles. The Balaban J connectivity index is 1.61. The molecule has 0 aliphatic carbocycles. The Hall–Kier alpha value is -2.86. The SMILES string of the molecule is CCCc1ccc(OCCOc2ccccc2-c2nc(C)c(C(=O)O)s2)cc1. The van der Waals surface area contributed by atoms with E-state index in [0.717, 1.165) is 35.5 Å². The van der Waals surface area contributed by atoms with Crippen molar-refractivity contribution < 1.29 is 19.4 Å². The summed E-state index contributed by atoms with van der Waals surface area (Å²) in [5.74, 6) is 0.520. The number of carbonyl (C=O) groups is 1. The number of carboxylic acid groups (broad SMARTS) is 1. The van der Waals surface area contributed by atoms with E-state index in [1.165, 1.54) is 5.56 Å². The van der Waals surface area contributed by atoms with Gasteiger partial charge in [-0.05, 0) is 43.2 Å². The maximum Gasteiger partial charge on any atom is 0.347 e. The van der Waals surface area contributed by atoms with E-state index in [4.69, 9.17) is 9.47 Å². The van der Waals surface area contributed by atoms with Crippen LogP contribution in [0.25, 0.3) is 10.6 Å². The number of carboxylic acids is 1. The molecule has 5 nitrogen and oxygen atoms in total. The maximum atomic E-state index is 11.3. The standard InChI is InChI=1S/C22H23NO4S/c1-3-6-16-9-11-17(12-10-16)26-13-14-27-19-8-5-4-7-18(19)21-23-15(2)20(28-21)22(24)25/h4-5,7-12H,3,6,13-14H2,1-2H3,(H,24,25). The second-order valence-electron chi connectivity index (χ2n) is 6.33. The molecule has 1 aromatic heterocycles. The van der Waals surface area contributed by atoms with Crippen molar-refractivity contribution in [3.05, 3.63) is 64.7 Å². The topological polar surface area (TPSA) is 68.7 Å². The van der Waals surface area contributed by atoms with Gasteiger partial charge in [-0.2, -0.15) is 0 Å². The number of hydrogen-bond donors (Lipinski definition) is 1. The predicted molar refractivity (Wildman–Crippen MR) is 111 cm³/mol. The van der Waals surface area contributed by atoms with Gasteiger partial charge in [0.1, 0.15) is 34.6 Å². The molecule has 0 atom stereocenters. The maximum absolute atomic E-state index is 11.3. The number of para-hydroxylation sites is 1. The molecule has 28 heavy (non-hydrogen) atoms. The number of aromatic nitrogens is 1. The fourth-order valence-corrected chi connectivity index (χ4v) is 3.77. The van der Waals surface area contributed by atoms with Crippen LogP contribution >= 0.6 is 11.3 Å². The van der Waals surface area contributed by atoms with E-state index in [-0.39, 0.29) is 4.88 Å². The van der Waals surface area contributed by atoms with E-state index in [1.54, 1.807) is 6.92 Å². The molecule has 0 radical (unpaired) electrons. The molecule has 0 amide bonds. The minimum atomic E-state index is -0.960. The summed E-state index contributed by atoms with van der Waals surface area (Å²) in [5.41, 5.74) is 2.60. The molecule has 0 saturated heterocycles. The Labute approximate surface area is 168 Å². The highest BCUT2D eigenvalue weighted by atomic mass is 32.1. The minimum absolute atomic E-state index is 0.250. The van der Waals surface area contributed by atoms with Gasteiger partial charge < -0.3 is 14.6 Å². The number of aryl methyl sites for hydroxylation is 2. The third-order valence-electron chi connectivity index (χ3n) is 4.18. The molecule has 0 bridgehead atoms. The van der Waals surface area contributed by atoms with Crippen LogP contribution < -0.4 is 9.47 Å². The summed E-state index contributed by atoms with van der Waals surface area (Å²) in [4.78, 5) is 15.9. The van der Waals surface area contributed by atoms with Crippen LogP contribution in [0.2, 0.25) is 0 Å². The molecule has 0 aliphatic heterocycles. The number of rotatable bonds is 9. The Bertz CT molecular complexity index is 934. The van der Waals surface area contributed by atoms with Crippen LogP contribution in [-0.4, -0.2) is 29.3 Å². The van der Waals surface area contributed by atoms with E-state index >= 15 is 0 Å². The largest absolute Gasteiger partial charge is 0.490 e. The summed E-state index contributed by atoms with van der Waals surface area (Å²) in [6.07, 6.45) is 2.19. The minimum Gasteiger partial charge on any atom is -0.490 e. The van der Waals surface area contributed by atoms with E-state index in [0.29, 0.717) is 29.7 Å². The van der Waals surface area contributed by atoms with Crippen LogP contribution in [0, 0.1) is 6.92 Å². The number of aromatic carboxylic acids is 1. The zero-order chi connectivity index (χ0) is 19.9. The van der Waals surface area contributed by atoms with Crippen LogP contribution in [0.5, 0.6) is 11.5 Å². The molecule has 0 unspecified atom stereocenters. The molecule has 1 heterocycles. The Morgan fingerprint density at radius 2 is 1.79 bits per heavy atom. The molecular weight excluding hydrogens is 374 g/mol. The zero-order valence-corrected chi connectivity index (χ0v) is 16.8. The Morgan fingerprint density at radius 3 is 2.46 bits per heavy atom. The van der Waals surface area contributed by atoms with Crippen LogP contribution in [0.15, 0.2) is 48.5 Å². The number of thiazole rings is 1. The second-order valence-corrected chi connectivity index (χ2v) is 7.32. The molecule has 0 saturated carbocycles. The zero-order valence-electron chi connectivity index (χ0n) is 16.0. The van der Waals surface area contributed by atoms with Crippen molar-refractivity contribution in [1.82, 2.24) is 4.98 Å². The van der Waals surface area contributed by atoms with Crippen molar-refractivity contribution in [2.24, 2.45) is 0 Å². The first kappa shape index (κ1) is 19.9. The summed E-state index contributed by atoms with van der Waals surface area (Å²) in [7, 11) is 0. The first-order valence-electron chi connectivity index (χ1n) is 9.23. The lowest BCUT2D eigenvalue weighted by molar-refractivity contribution is 0.0701. The molecule has 1 N–H and O–H groups in total. The number of ether oxygens (including phenoxy) is 2. The fraction of sp³-hybridized carbons (Fsp3) is 0.273. The van der Waals surface area contributed by atoms with Gasteiger partial charge in [0, 0.05) is 0 Å². The van der Waals surface area contributed by atoms with Gasteiger partial charge in [-0.1, -0.05) is 37.6 Å². The van der Waals surface area contributed by atoms with Gasteiger partial charge in [0.25, 0.3) is 0 Å². The molecule has 6 heteroatoms. The summed E-state index contributed by atoms with van der Waals surface area (Å²) >= 11 is 1.15. The van der Waals surface area contributed by atoms with Crippen LogP contribution in [-0.2, 0) is 6.42 Å². The third kappa shape index (κ3) is 4.89. The summed E-state index contributed by atoms with van der Waals surface area (Å²) < 4.78 is 11.6. The lowest BCUT2D eigenvalue weighted by Gasteiger charge is -2.11. The van der Waals surface area contributed by atoms with Crippen LogP contribution in [0.1, 0.15) is 34.3 Å². The molecule has 3 rings (SSSR count). The van der Waals surface area contributed by atoms with Gasteiger partial charge in [0.15, 0.2) is 0 Å².